The third-order valence-corrected chi connectivity index (χ3v) is 2.18. The average molecular weight is 221 g/mol. The van der Waals surface area contributed by atoms with Crippen molar-refractivity contribution in [2.75, 3.05) is 6.61 Å². The predicted molar refractivity (Wildman–Crippen MR) is 47.5 cm³/mol. The van der Waals surface area contributed by atoms with E-state index in [0.29, 0.717) is 0 Å². The molecule has 0 radical (unpaired) electrons. The number of nitrogens with two attached hydrogens (primary N) is 1. The second kappa shape index (κ2) is 4.86. The van der Waals surface area contributed by atoms with Crippen LogP contribution in [0.25, 0.3) is 0 Å². The number of rotatable bonds is 3. The van der Waals surface area contributed by atoms with Gasteiger partial charge in [-0.05, 0) is 6.92 Å². The topological polar surface area (TPSA) is 122 Å². The third kappa shape index (κ3) is 2.44. The molecule has 15 heavy (non-hydrogen) atoms. The number of hydrogen-bond acceptors (Lipinski definition) is 6. The van der Waals surface area contributed by atoms with Crippen molar-refractivity contribution in [2.24, 2.45) is 5.73 Å². The normalized spacial score (nSPS) is 41.5. The molecule has 1 fully saturated rings. The molecule has 0 spiro atoms. The van der Waals surface area contributed by atoms with Crippen molar-refractivity contribution in [3.63, 3.8) is 0 Å². The quantitative estimate of drug-likeness (QED) is 0.412. The van der Waals surface area contributed by atoms with E-state index in [-0.39, 0.29) is 6.61 Å². The molecule has 0 aromatic carbocycles. The summed E-state index contributed by atoms with van der Waals surface area (Å²) < 4.78 is 9.87. The molecule has 2 unspecified atom stereocenters. The molecule has 7 nitrogen and oxygen atoms in total. The van der Waals surface area contributed by atoms with Crippen LogP contribution >= 0.6 is 0 Å². The smallest absolute Gasteiger partial charge is 0.249 e. The van der Waals surface area contributed by atoms with Gasteiger partial charge >= 0.3 is 0 Å². The fourth-order valence-electron chi connectivity index (χ4n) is 1.39. The van der Waals surface area contributed by atoms with Gasteiger partial charge in [0.25, 0.3) is 0 Å². The minimum atomic E-state index is -1.55. The van der Waals surface area contributed by atoms with E-state index in [1.54, 1.807) is 6.92 Å². The Kier molecular flexibility index (Phi) is 4.00. The minimum absolute atomic E-state index is 0.232. The van der Waals surface area contributed by atoms with Crippen LogP contribution in [0.5, 0.6) is 0 Å². The van der Waals surface area contributed by atoms with Crippen molar-refractivity contribution < 1.29 is 29.6 Å². The molecule has 0 bridgehead atoms. The van der Waals surface area contributed by atoms with E-state index in [1.807, 2.05) is 0 Å². The molecule has 1 aliphatic heterocycles. The molecule has 1 heterocycles. The monoisotopic (exact) mass is 221 g/mol. The van der Waals surface area contributed by atoms with Crippen LogP contribution in [0.1, 0.15) is 6.92 Å². The fourth-order valence-corrected chi connectivity index (χ4v) is 1.39. The molecule has 0 saturated carbocycles. The van der Waals surface area contributed by atoms with Crippen LogP contribution in [-0.2, 0) is 14.3 Å². The molecular weight excluding hydrogens is 206 g/mol. The number of carbonyl (C=O) groups excluding carboxylic acids is 1. The predicted octanol–water partition coefficient (Wildman–Crippen LogP) is -2.68. The van der Waals surface area contributed by atoms with Gasteiger partial charge in [-0.15, -0.1) is 0 Å². The molecule has 0 aromatic heterocycles. The molecule has 1 amide bonds. The lowest BCUT2D eigenvalue weighted by atomic mass is 9.98. The van der Waals surface area contributed by atoms with Gasteiger partial charge in [-0.2, -0.15) is 0 Å². The number of amides is 1. The fraction of sp³-hybridized carbons (Fsp3) is 0.875. The first kappa shape index (κ1) is 12.3. The summed E-state index contributed by atoms with van der Waals surface area (Å²) in [6, 6.07) is 0. The Morgan fingerprint density at radius 1 is 1.33 bits per heavy atom. The van der Waals surface area contributed by atoms with Crippen molar-refractivity contribution in [1.29, 1.82) is 0 Å². The Morgan fingerprint density at radius 2 is 1.93 bits per heavy atom. The maximum Gasteiger partial charge on any atom is 0.249 e. The molecule has 1 rings (SSSR count). The largest absolute Gasteiger partial charge is 0.387 e. The highest BCUT2D eigenvalue weighted by Crippen LogP contribution is 2.21. The summed E-state index contributed by atoms with van der Waals surface area (Å²) in [7, 11) is 0. The number of carbonyl (C=O) groups is 1. The first-order valence-corrected chi connectivity index (χ1v) is 4.59. The lowest BCUT2D eigenvalue weighted by molar-refractivity contribution is -0.288. The summed E-state index contributed by atoms with van der Waals surface area (Å²) >= 11 is 0. The number of aliphatic hydroxyl groups is 3. The molecule has 1 saturated heterocycles. The van der Waals surface area contributed by atoms with Crippen LogP contribution in [-0.4, -0.2) is 58.5 Å². The van der Waals surface area contributed by atoms with Crippen molar-refractivity contribution in [3.05, 3.63) is 0 Å². The maximum absolute atomic E-state index is 10.9. The van der Waals surface area contributed by atoms with Crippen LogP contribution in [0.2, 0.25) is 0 Å². The molecule has 5 N–H and O–H groups in total. The maximum atomic E-state index is 10.9. The summed E-state index contributed by atoms with van der Waals surface area (Å²) in [5.74, 6) is -0.918. The standard InChI is InChI=1S/C8H15NO6/c1-2-14-8-5(12)3(10)4(11)6(15-8)7(9)13/h3-6,8,10-12H,2H2,1H3,(H2,9,13)/t3?,4-,5+,6?,8+/m0/s1. The zero-order chi connectivity index (χ0) is 11.6. The van der Waals surface area contributed by atoms with Crippen LogP contribution in [0, 0.1) is 0 Å². The van der Waals surface area contributed by atoms with Crippen LogP contribution in [0.4, 0.5) is 0 Å². The van der Waals surface area contributed by atoms with Crippen molar-refractivity contribution in [1.82, 2.24) is 0 Å². The van der Waals surface area contributed by atoms with Gasteiger partial charge in [-0.3, -0.25) is 4.79 Å². The van der Waals surface area contributed by atoms with Crippen molar-refractivity contribution in [3.8, 4) is 0 Å². The second-order valence-electron chi connectivity index (χ2n) is 3.25. The summed E-state index contributed by atoms with van der Waals surface area (Å²) in [4.78, 5) is 10.9. The first-order valence-electron chi connectivity index (χ1n) is 4.59. The van der Waals surface area contributed by atoms with E-state index < -0.39 is 36.6 Å². The number of aliphatic hydroxyl groups excluding tert-OH is 3. The molecule has 7 heteroatoms. The molecule has 0 aromatic rings. The Morgan fingerprint density at radius 3 is 2.40 bits per heavy atom. The van der Waals surface area contributed by atoms with Gasteiger partial charge in [0.05, 0.1) is 0 Å². The molecule has 0 aliphatic carbocycles. The van der Waals surface area contributed by atoms with Gasteiger partial charge in [0.2, 0.25) is 5.91 Å². The number of ether oxygens (including phenoxy) is 2. The zero-order valence-electron chi connectivity index (χ0n) is 8.24. The highest BCUT2D eigenvalue weighted by molar-refractivity contribution is 5.79. The Labute approximate surface area is 86.4 Å². The van der Waals surface area contributed by atoms with Gasteiger partial charge in [0.1, 0.15) is 18.3 Å². The van der Waals surface area contributed by atoms with E-state index in [1.165, 1.54) is 0 Å². The second-order valence-corrected chi connectivity index (χ2v) is 3.25. The van der Waals surface area contributed by atoms with Crippen LogP contribution < -0.4 is 5.73 Å². The minimum Gasteiger partial charge on any atom is -0.387 e. The van der Waals surface area contributed by atoms with Gasteiger partial charge in [-0.1, -0.05) is 0 Å². The van der Waals surface area contributed by atoms with Gasteiger partial charge in [-0.25, -0.2) is 0 Å². The SMILES string of the molecule is CCO[C@@H]1OC(C(N)=O)[C@@H](O)C(O)[C@H]1O. The van der Waals surface area contributed by atoms with E-state index in [2.05, 4.69) is 0 Å². The zero-order valence-corrected chi connectivity index (χ0v) is 8.24. The van der Waals surface area contributed by atoms with Crippen LogP contribution in [0.3, 0.4) is 0 Å². The molecule has 5 atom stereocenters. The van der Waals surface area contributed by atoms with Gasteiger partial charge in [0.15, 0.2) is 12.4 Å². The Balaban J connectivity index is 2.75. The van der Waals surface area contributed by atoms with Crippen molar-refractivity contribution >= 4 is 5.91 Å². The van der Waals surface area contributed by atoms with Gasteiger partial charge in [0, 0.05) is 6.61 Å². The Hall–Kier alpha value is -0.730. The highest BCUT2D eigenvalue weighted by atomic mass is 16.7. The summed E-state index contributed by atoms with van der Waals surface area (Å²) in [5, 5.41) is 28.2. The number of primary amides is 1. The number of hydrogen-bond donors (Lipinski definition) is 4. The van der Waals surface area contributed by atoms with E-state index in [0.717, 1.165) is 0 Å². The first-order chi connectivity index (χ1) is 6.99. The average Bonchev–Trinajstić information content (AvgIpc) is 2.18. The summed E-state index contributed by atoms with van der Waals surface area (Å²) in [6.07, 6.45) is -7.01. The Bertz CT molecular complexity index is 235. The lowest BCUT2D eigenvalue weighted by Crippen LogP contribution is -2.61. The summed E-state index contributed by atoms with van der Waals surface area (Å²) in [6.45, 7) is 1.89. The molecular formula is C8H15NO6. The van der Waals surface area contributed by atoms with Gasteiger partial charge < -0.3 is 30.5 Å². The van der Waals surface area contributed by atoms with E-state index in [4.69, 9.17) is 15.2 Å². The lowest BCUT2D eigenvalue weighted by Gasteiger charge is -2.38. The van der Waals surface area contributed by atoms with E-state index >= 15 is 0 Å². The molecule has 88 valence electrons. The highest BCUT2D eigenvalue weighted by Gasteiger charge is 2.46. The third-order valence-electron chi connectivity index (χ3n) is 2.18. The van der Waals surface area contributed by atoms with Crippen molar-refractivity contribution in [2.45, 2.75) is 37.6 Å². The molecule has 1 aliphatic rings. The summed E-state index contributed by atoms with van der Waals surface area (Å²) in [5.41, 5.74) is 4.95. The van der Waals surface area contributed by atoms with E-state index in [9.17, 15) is 20.1 Å². The van der Waals surface area contributed by atoms with Crippen LogP contribution in [0.15, 0.2) is 0 Å².